The molecule has 0 aliphatic heterocycles. The van der Waals surface area contributed by atoms with Crippen molar-refractivity contribution in [3.8, 4) is 6.07 Å². The maximum Gasteiger partial charge on any atom is 0.179 e. The maximum atomic E-state index is 11.8. The lowest BCUT2D eigenvalue weighted by Crippen LogP contribution is -2.22. The lowest BCUT2D eigenvalue weighted by atomic mass is 10.2. The summed E-state index contributed by atoms with van der Waals surface area (Å²) in [6.45, 7) is 3.12. The lowest BCUT2D eigenvalue weighted by Gasteiger charge is -2.04. The van der Waals surface area contributed by atoms with E-state index in [4.69, 9.17) is 5.26 Å². The smallest absolute Gasteiger partial charge is 0.179 e. The van der Waals surface area contributed by atoms with Gasteiger partial charge in [0, 0.05) is 6.54 Å². The zero-order valence-corrected chi connectivity index (χ0v) is 9.92. The first-order chi connectivity index (χ1) is 7.60. The summed E-state index contributed by atoms with van der Waals surface area (Å²) in [5.41, 5.74) is 0.464. The summed E-state index contributed by atoms with van der Waals surface area (Å²) in [6.07, 6.45) is 0. The molecule has 1 N–H and O–H groups in total. The third-order valence-corrected chi connectivity index (χ3v) is 3.87. The van der Waals surface area contributed by atoms with E-state index in [-0.39, 0.29) is 10.6 Å². The molecule has 86 valence electrons. The van der Waals surface area contributed by atoms with Crippen molar-refractivity contribution in [2.24, 2.45) is 0 Å². The van der Waals surface area contributed by atoms with E-state index in [1.807, 2.05) is 13.0 Å². The van der Waals surface area contributed by atoms with Gasteiger partial charge in [0.2, 0.25) is 0 Å². The third kappa shape index (κ3) is 3.33. The van der Waals surface area contributed by atoms with Crippen molar-refractivity contribution in [3.63, 3.8) is 0 Å². The molecule has 1 aromatic carbocycles. The Kier molecular flexibility index (Phi) is 4.47. The molecule has 0 unspecified atom stereocenters. The molecule has 0 spiro atoms. The summed E-state index contributed by atoms with van der Waals surface area (Å²) in [4.78, 5) is 0.268. The van der Waals surface area contributed by atoms with Gasteiger partial charge in [-0.1, -0.05) is 6.92 Å². The first-order valence-electron chi connectivity index (χ1n) is 5.04. The number of hydrogen-bond donors (Lipinski definition) is 1. The van der Waals surface area contributed by atoms with Gasteiger partial charge in [-0.2, -0.15) is 5.26 Å². The number of sulfone groups is 1. The molecule has 16 heavy (non-hydrogen) atoms. The molecule has 4 nitrogen and oxygen atoms in total. The van der Waals surface area contributed by atoms with Gasteiger partial charge in [0.15, 0.2) is 9.84 Å². The first kappa shape index (κ1) is 12.7. The highest BCUT2D eigenvalue weighted by Crippen LogP contribution is 2.11. The summed E-state index contributed by atoms with van der Waals surface area (Å²) >= 11 is 0. The van der Waals surface area contributed by atoms with Gasteiger partial charge in [-0.15, -0.1) is 0 Å². The molecule has 0 aliphatic rings. The van der Waals surface area contributed by atoms with Crippen molar-refractivity contribution in [2.45, 2.75) is 11.8 Å². The minimum atomic E-state index is -3.23. The van der Waals surface area contributed by atoms with E-state index in [2.05, 4.69) is 5.32 Å². The second-order valence-corrected chi connectivity index (χ2v) is 5.42. The molecule has 5 heteroatoms. The molecule has 0 aliphatic carbocycles. The SMILES string of the molecule is CCNCCS(=O)(=O)c1ccc(C#N)cc1. The van der Waals surface area contributed by atoms with Crippen LogP contribution in [0.25, 0.3) is 0 Å². The highest BCUT2D eigenvalue weighted by Gasteiger charge is 2.13. The summed E-state index contributed by atoms with van der Waals surface area (Å²) in [5, 5.41) is 11.6. The normalized spacial score (nSPS) is 11.0. The molecule has 0 heterocycles. The molecule has 1 rings (SSSR count). The van der Waals surface area contributed by atoms with Crippen LogP contribution < -0.4 is 5.32 Å². The van der Waals surface area contributed by atoms with Crippen molar-refractivity contribution in [1.29, 1.82) is 5.26 Å². The van der Waals surface area contributed by atoms with E-state index in [1.165, 1.54) is 24.3 Å². The fourth-order valence-corrected chi connectivity index (χ4v) is 2.44. The average molecular weight is 238 g/mol. The molecule has 1 aromatic rings. The Morgan fingerprint density at radius 2 is 1.94 bits per heavy atom. The second-order valence-electron chi connectivity index (χ2n) is 3.31. The monoisotopic (exact) mass is 238 g/mol. The molecule has 0 fully saturated rings. The van der Waals surface area contributed by atoms with Crippen LogP contribution in [0, 0.1) is 11.3 Å². The Labute approximate surface area is 95.8 Å². The van der Waals surface area contributed by atoms with Gasteiger partial charge in [0.1, 0.15) is 0 Å². The lowest BCUT2D eigenvalue weighted by molar-refractivity contribution is 0.592. The minimum Gasteiger partial charge on any atom is -0.316 e. The molecule has 0 bridgehead atoms. The van der Waals surface area contributed by atoms with E-state index >= 15 is 0 Å². The summed E-state index contributed by atoms with van der Waals surface area (Å²) in [7, 11) is -3.23. The fraction of sp³-hybridized carbons (Fsp3) is 0.364. The van der Waals surface area contributed by atoms with E-state index in [9.17, 15) is 8.42 Å². The first-order valence-corrected chi connectivity index (χ1v) is 6.69. The minimum absolute atomic E-state index is 0.0761. The number of rotatable bonds is 5. The Balaban J connectivity index is 2.79. The zero-order chi connectivity index (χ0) is 12.0. The number of nitrogens with one attached hydrogen (secondary N) is 1. The van der Waals surface area contributed by atoms with Gasteiger partial charge in [-0.25, -0.2) is 8.42 Å². The van der Waals surface area contributed by atoms with Gasteiger partial charge < -0.3 is 5.32 Å². The highest BCUT2D eigenvalue weighted by atomic mass is 32.2. The standard InChI is InChI=1S/C11H14N2O2S/c1-2-13-7-8-16(14,15)11-5-3-10(9-12)4-6-11/h3-6,13H,2,7-8H2,1H3. The number of benzene rings is 1. The van der Waals surface area contributed by atoms with Crippen LogP contribution >= 0.6 is 0 Å². The molecule has 0 amide bonds. The predicted molar refractivity (Wildman–Crippen MR) is 61.8 cm³/mol. The Bertz CT molecular complexity index is 472. The van der Waals surface area contributed by atoms with E-state index in [0.717, 1.165) is 6.54 Å². The predicted octanol–water partition coefficient (Wildman–Crippen LogP) is 0.941. The second kappa shape index (κ2) is 5.64. The fourth-order valence-electron chi connectivity index (χ4n) is 1.24. The zero-order valence-electron chi connectivity index (χ0n) is 9.10. The van der Waals surface area contributed by atoms with Crippen molar-refractivity contribution in [2.75, 3.05) is 18.8 Å². The van der Waals surface area contributed by atoms with Crippen LogP contribution in [0.4, 0.5) is 0 Å². The van der Waals surface area contributed by atoms with Crippen molar-refractivity contribution >= 4 is 9.84 Å². The Morgan fingerprint density at radius 3 is 2.44 bits per heavy atom. The molecule has 0 saturated carbocycles. The maximum absolute atomic E-state index is 11.8. The molecule has 0 radical (unpaired) electrons. The number of nitriles is 1. The van der Waals surface area contributed by atoms with E-state index in [1.54, 1.807) is 0 Å². The van der Waals surface area contributed by atoms with Crippen LogP contribution in [0.1, 0.15) is 12.5 Å². The summed E-state index contributed by atoms with van der Waals surface area (Å²) in [5.74, 6) is 0.0761. The Morgan fingerprint density at radius 1 is 1.31 bits per heavy atom. The van der Waals surface area contributed by atoms with Crippen LogP contribution in [-0.2, 0) is 9.84 Å². The average Bonchev–Trinajstić information content (AvgIpc) is 2.29. The van der Waals surface area contributed by atoms with Crippen LogP contribution in [0.3, 0.4) is 0 Å². The molecular weight excluding hydrogens is 224 g/mol. The van der Waals surface area contributed by atoms with Gasteiger partial charge in [-0.05, 0) is 30.8 Å². The van der Waals surface area contributed by atoms with Gasteiger partial charge >= 0.3 is 0 Å². The quantitative estimate of drug-likeness (QED) is 0.775. The molecule has 0 atom stereocenters. The molecule has 0 aromatic heterocycles. The van der Waals surface area contributed by atoms with E-state index in [0.29, 0.717) is 12.1 Å². The summed E-state index contributed by atoms with van der Waals surface area (Å²) in [6, 6.07) is 7.92. The highest BCUT2D eigenvalue weighted by molar-refractivity contribution is 7.91. The number of hydrogen-bond acceptors (Lipinski definition) is 4. The van der Waals surface area contributed by atoms with Crippen LogP contribution in [0.2, 0.25) is 0 Å². The third-order valence-electron chi connectivity index (χ3n) is 2.14. The van der Waals surface area contributed by atoms with Crippen LogP contribution in [0.15, 0.2) is 29.2 Å². The number of nitrogens with zero attached hydrogens (tertiary/aromatic N) is 1. The Hall–Kier alpha value is -1.38. The van der Waals surface area contributed by atoms with E-state index < -0.39 is 9.84 Å². The molecular formula is C11H14N2O2S. The van der Waals surface area contributed by atoms with Crippen molar-refractivity contribution in [3.05, 3.63) is 29.8 Å². The van der Waals surface area contributed by atoms with Gasteiger partial charge in [0.25, 0.3) is 0 Å². The van der Waals surface area contributed by atoms with Crippen molar-refractivity contribution < 1.29 is 8.42 Å². The van der Waals surface area contributed by atoms with Crippen LogP contribution in [-0.4, -0.2) is 27.3 Å². The topological polar surface area (TPSA) is 70.0 Å². The summed E-state index contributed by atoms with van der Waals surface area (Å²) < 4.78 is 23.6. The van der Waals surface area contributed by atoms with Gasteiger partial charge in [0.05, 0.1) is 22.3 Å². The van der Waals surface area contributed by atoms with Crippen molar-refractivity contribution in [1.82, 2.24) is 5.32 Å². The van der Waals surface area contributed by atoms with Crippen LogP contribution in [0.5, 0.6) is 0 Å². The largest absolute Gasteiger partial charge is 0.316 e. The van der Waals surface area contributed by atoms with Gasteiger partial charge in [-0.3, -0.25) is 0 Å². The molecule has 0 saturated heterocycles.